The van der Waals surface area contributed by atoms with Gasteiger partial charge in [-0.3, -0.25) is 9.89 Å². The number of ether oxygens (including phenoxy) is 1. The number of carbonyl (C=O) groups is 1. The van der Waals surface area contributed by atoms with Gasteiger partial charge in [-0.1, -0.05) is 47.5 Å². The molecule has 2 atom stereocenters. The lowest BCUT2D eigenvalue weighted by Crippen LogP contribution is -2.53. The van der Waals surface area contributed by atoms with Gasteiger partial charge in [0.1, 0.15) is 17.6 Å². The van der Waals surface area contributed by atoms with Gasteiger partial charge in [-0.15, -0.1) is 12.4 Å². The molecule has 0 radical (unpaired) electrons. The number of aliphatic imine (C=N–C) groups is 1. The van der Waals surface area contributed by atoms with Crippen LogP contribution in [0.3, 0.4) is 0 Å². The van der Waals surface area contributed by atoms with Crippen LogP contribution in [0.1, 0.15) is 41.3 Å². The van der Waals surface area contributed by atoms with E-state index in [-0.39, 0.29) is 36.6 Å². The summed E-state index contributed by atoms with van der Waals surface area (Å²) in [5, 5.41) is 4.32. The monoisotopic (exact) mass is 626 g/mol. The van der Waals surface area contributed by atoms with Gasteiger partial charge in [0.2, 0.25) is 0 Å². The van der Waals surface area contributed by atoms with Crippen LogP contribution in [0.4, 0.5) is 18.0 Å². The second kappa shape index (κ2) is 12.9. The Bertz CT molecular complexity index is 1400. The molecule has 0 aromatic heterocycles. The summed E-state index contributed by atoms with van der Waals surface area (Å²) in [6.07, 6.45) is -4.56. The third kappa shape index (κ3) is 6.59. The van der Waals surface area contributed by atoms with Crippen molar-refractivity contribution in [2.45, 2.75) is 25.2 Å². The van der Waals surface area contributed by atoms with Crippen LogP contribution in [0.15, 0.2) is 71.7 Å². The summed E-state index contributed by atoms with van der Waals surface area (Å²) in [7, 11) is 0. The van der Waals surface area contributed by atoms with Crippen LogP contribution < -0.4 is 10.1 Å². The second-order valence-electron chi connectivity index (χ2n) is 9.48. The maximum absolute atomic E-state index is 14.2. The third-order valence-corrected chi connectivity index (χ3v) is 7.44. The number of halogens is 6. The summed E-state index contributed by atoms with van der Waals surface area (Å²) < 4.78 is 46.5. The van der Waals surface area contributed by atoms with E-state index in [0.29, 0.717) is 41.8 Å². The molecule has 2 aliphatic heterocycles. The highest BCUT2D eigenvalue weighted by atomic mass is 35.5. The van der Waals surface area contributed by atoms with Crippen molar-refractivity contribution < 1.29 is 22.7 Å². The van der Waals surface area contributed by atoms with Crippen molar-refractivity contribution in [2.24, 2.45) is 4.99 Å². The number of urea groups is 1. The Morgan fingerprint density at radius 2 is 1.56 bits per heavy atom. The molecule has 218 valence electrons. The number of carbonyl (C=O) groups excluding carboxylic acids is 1. The molecule has 3 aromatic carbocycles. The first-order valence-electron chi connectivity index (χ1n) is 12.9. The average molecular weight is 628 g/mol. The normalized spacial score (nSPS) is 19.0. The van der Waals surface area contributed by atoms with E-state index in [1.165, 1.54) is 6.07 Å². The minimum atomic E-state index is -4.56. The van der Waals surface area contributed by atoms with Gasteiger partial charge < -0.3 is 15.0 Å². The number of hydrogen-bond acceptors (Lipinski definition) is 4. The first-order valence-corrected chi connectivity index (χ1v) is 13.6. The lowest BCUT2D eigenvalue weighted by Gasteiger charge is -2.36. The summed E-state index contributed by atoms with van der Waals surface area (Å²) in [5.74, 6) is 0.237. The van der Waals surface area contributed by atoms with Crippen LogP contribution in [0.2, 0.25) is 10.0 Å². The summed E-state index contributed by atoms with van der Waals surface area (Å²) >= 11 is 12.4. The number of alkyl halides is 3. The van der Waals surface area contributed by atoms with Crippen LogP contribution in [0.5, 0.6) is 5.75 Å². The minimum Gasteiger partial charge on any atom is -0.493 e. The topological polar surface area (TPSA) is 57.2 Å². The second-order valence-corrected chi connectivity index (χ2v) is 10.3. The minimum absolute atomic E-state index is 0. The van der Waals surface area contributed by atoms with Crippen molar-refractivity contribution in [2.75, 3.05) is 32.8 Å². The van der Waals surface area contributed by atoms with Crippen LogP contribution in [0.25, 0.3) is 0 Å². The van der Waals surface area contributed by atoms with E-state index in [2.05, 4.69) is 5.32 Å². The highest BCUT2D eigenvalue weighted by Crippen LogP contribution is 2.46. The highest BCUT2D eigenvalue weighted by molar-refractivity contribution is 6.30. The molecule has 6 nitrogen and oxygen atoms in total. The zero-order valence-corrected chi connectivity index (χ0v) is 24.3. The lowest BCUT2D eigenvalue weighted by molar-refractivity contribution is -0.137. The molecule has 1 saturated heterocycles. The smallest absolute Gasteiger partial charge is 0.416 e. The zero-order chi connectivity index (χ0) is 28.4. The van der Waals surface area contributed by atoms with E-state index < -0.39 is 23.8 Å². The molecule has 2 amide bonds. The summed E-state index contributed by atoms with van der Waals surface area (Å²) in [6.45, 7) is 4.04. The maximum Gasteiger partial charge on any atom is 0.416 e. The molecule has 2 unspecified atom stereocenters. The van der Waals surface area contributed by atoms with Gasteiger partial charge in [0, 0.05) is 36.2 Å². The van der Waals surface area contributed by atoms with Crippen LogP contribution in [-0.4, -0.2) is 54.5 Å². The molecular formula is C29H28Cl3F3N4O2. The van der Waals surface area contributed by atoms with E-state index in [4.69, 9.17) is 32.9 Å². The SMILES string of the molecule is CCOc1cc(C(F)(F)F)ccc1C1=NC(c2ccc(Cl)cc2)C(c2ccc(Cl)cc2)N1C(=O)N1CCNCC1.Cl. The predicted molar refractivity (Wildman–Crippen MR) is 156 cm³/mol. The van der Waals surface area contributed by atoms with E-state index in [9.17, 15) is 18.0 Å². The fraction of sp³-hybridized carbons (Fsp3) is 0.310. The van der Waals surface area contributed by atoms with E-state index >= 15 is 0 Å². The first-order chi connectivity index (χ1) is 19.2. The van der Waals surface area contributed by atoms with Gasteiger partial charge >= 0.3 is 12.2 Å². The molecule has 0 saturated carbocycles. The summed E-state index contributed by atoms with van der Waals surface area (Å²) in [5.41, 5.74) is 1.02. The van der Waals surface area contributed by atoms with Crippen molar-refractivity contribution in [1.29, 1.82) is 0 Å². The molecule has 2 heterocycles. The van der Waals surface area contributed by atoms with Crippen molar-refractivity contribution in [3.8, 4) is 5.75 Å². The Morgan fingerprint density at radius 1 is 0.976 bits per heavy atom. The standard InChI is InChI=1S/C29H27Cl2F3N4O2.ClH/c1-2-40-24-17-20(29(32,33)34)7-12-23(24)27-36-25(18-3-8-21(30)9-4-18)26(19-5-10-22(31)11-6-19)38(27)28(39)37-15-13-35-14-16-37;/h3-12,17,25-26,35H,2,13-16H2,1H3;1H. The van der Waals surface area contributed by atoms with E-state index in [0.717, 1.165) is 23.3 Å². The molecule has 0 spiro atoms. The molecule has 41 heavy (non-hydrogen) atoms. The Hall–Kier alpha value is -2.98. The third-order valence-electron chi connectivity index (χ3n) is 6.93. The van der Waals surface area contributed by atoms with E-state index in [1.54, 1.807) is 41.0 Å². The van der Waals surface area contributed by atoms with Crippen molar-refractivity contribution in [3.63, 3.8) is 0 Å². The van der Waals surface area contributed by atoms with Gasteiger partial charge in [-0.05, 0) is 60.5 Å². The predicted octanol–water partition coefficient (Wildman–Crippen LogP) is 7.40. The number of amides is 2. The molecule has 5 rings (SSSR count). The fourth-order valence-corrected chi connectivity index (χ4v) is 5.27. The van der Waals surface area contributed by atoms with Crippen LogP contribution in [0, 0.1) is 0 Å². The molecule has 1 N–H and O–H groups in total. The Balaban J connectivity index is 0.00000387. The van der Waals surface area contributed by atoms with Crippen molar-refractivity contribution in [1.82, 2.24) is 15.1 Å². The number of piperazine rings is 1. The molecule has 1 fully saturated rings. The van der Waals surface area contributed by atoms with Gasteiger partial charge in [0.25, 0.3) is 0 Å². The summed E-state index contributed by atoms with van der Waals surface area (Å²) in [6, 6.07) is 16.1. The Labute approximate surface area is 252 Å². The molecule has 0 aliphatic carbocycles. The van der Waals surface area contributed by atoms with Gasteiger partial charge in [0.05, 0.1) is 23.8 Å². The Kier molecular flexibility index (Phi) is 9.74. The Morgan fingerprint density at radius 3 is 2.12 bits per heavy atom. The largest absolute Gasteiger partial charge is 0.493 e. The van der Waals surface area contributed by atoms with E-state index in [1.807, 2.05) is 24.3 Å². The van der Waals surface area contributed by atoms with Gasteiger partial charge in [0.15, 0.2) is 0 Å². The van der Waals surface area contributed by atoms with Crippen molar-refractivity contribution in [3.05, 3.63) is 99.0 Å². The van der Waals surface area contributed by atoms with Gasteiger partial charge in [-0.25, -0.2) is 4.79 Å². The number of rotatable bonds is 5. The fourth-order valence-electron chi connectivity index (χ4n) is 5.02. The molecular weight excluding hydrogens is 600 g/mol. The number of amidine groups is 1. The number of hydrogen-bond donors (Lipinski definition) is 1. The van der Waals surface area contributed by atoms with Crippen molar-refractivity contribution >= 4 is 47.5 Å². The van der Waals surface area contributed by atoms with Gasteiger partial charge in [-0.2, -0.15) is 13.2 Å². The molecule has 2 aliphatic rings. The molecule has 0 bridgehead atoms. The highest BCUT2D eigenvalue weighted by Gasteiger charge is 2.45. The quantitative estimate of drug-likeness (QED) is 0.321. The van der Waals surface area contributed by atoms with Crippen LogP contribution >= 0.6 is 35.6 Å². The summed E-state index contributed by atoms with van der Waals surface area (Å²) in [4.78, 5) is 22.6. The molecule has 3 aromatic rings. The number of benzene rings is 3. The zero-order valence-electron chi connectivity index (χ0n) is 22.0. The first kappa shape index (κ1) is 31.0. The maximum atomic E-state index is 14.2. The number of nitrogens with one attached hydrogen (secondary N) is 1. The lowest BCUT2D eigenvalue weighted by atomic mass is 9.93. The average Bonchev–Trinajstić information content (AvgIpc) is 3.34. The molecule has 12 heteroatoms. The number of nitrogens with zero attached hydrogens (tertiary/aromatic N) is 3. The van der Waals surface area contributed by atoms with Crippen LogP contribution in [-0.2, 0) is 6.18 Å².